The first kappa shape index (κ1) is 27.1. The predicted molar refractivity (Wildman–Crippen MR) is 115 cm³/mol. The Morgan fingerprint density at radius 2 is 1.03 bits per heavy atom. The maximum absolute atomic E-state index is 14.3. The molecular formula is C23H37F5OSi. The van der Waals surface area contributed by atoms with Gasteiger partial charge in [0.15, 0.2) is 23.3 Å². The van der Waals surface area contributed by atoms with Gasteiger partial charge in [-0.25, -0.2) is 22.0 Å². The molecule has 0 aliphatic heterocycles. The molecule has 1 atom stereocenters. The fraction of sp³-hybridized carbons (Fsp3) is 0.739. The number of rotatable bonds is 15. The van der Waals surface area contributed by atoms with Gasteiger partial charge < -0.3 is 4.43 Å². The van der Waals surface area contributed by atoms with Gasteiger partial charge in [0.25, 0.3) is 0 Å². The van der Waals surface area contributed by atoms with E-state index in [-0.39, 0.29) is 6.10 Å². The highest BCUT2D eigenvalue weighted by Crippen LogP contribution is 2.24. The summed E-state index contributed by atoms with van der Waals surface area (Å²) in [6.07, 6.45) is 12.7. The van der Waals surface area contributed by atoms with Crippen molar-refractivity contribution in [2.75, 3.05) is 0 Å². The second kappa shape index (κ2) is 13.5. The van der Waals surface area contributed by atoms with E-state index in [4.69, 9.17) is 4.43 Å². The lowest BCUT2D eigenvalue weighted by Gasteiger charge is -2.30. The molecule has 0 N–H and O–H groups in total. The molecule has 1 unspecified atom stereocenters. The molecule has 7 heteroatoms. The van der Waals surface area contributed by atoms with E-state index in [9.17, 15) is 22.0 Å². The smallest absolute Gasteiger partial charge is 0.225 e. The average Bonchev–Trinajstić information content (AvgIpc) is 2.69. The van der Waals surface area contributed by atoms with E-state index in [2.05, 4.69) is 6.92 Å². The number of benzene rings is 1. The molecule has 1 aromatic rings. The quantitative estimate of drug-likeness (QED) is 0.0864. The Balaban J connectivity index is 2.66. The molecule has 0 spiro atoms. The second-order valence-electron chi connectivity index (χ2n) is 8.60. The number of halogens is 5. The molecule has 1 nitrogen and oxygen atoms in total. The Kier molecular flexibility index (Phi) is 12.1. The van der Waals surface area contributed by atoms with Crippen molar-refractivity contribution in [1.29, 1.82) is 0 Å². The van der Waals surface area contributed by atoms with Crippen molar-refractivity contribution in [2.24, 2.45) is 0 Å². The Bertz CT molecular complexity index is 622. The Morgan fingerprint density at radius 1 is 0.600 bits per heavy atom. The molecule has 0 radical (unpaired) electrons. The molecule has 1 aromatic carbocycles. The summed E-state index contributed by atoms with van der Waals surface area (Å²) in [6.45, 7) is 7.17. The van der Waals surface area contributed by atoms with Crippen molar-refractivity contribution >= 4 is 13.5 Å². The second-order valence-corrected chi connectivity index (χ2v) is 12.4. The third-order valence-electron chi connectivity index (χ3n) is 5.51. The number of unbranched alkanes of at least 4 members (excludes halogenated alkanes) is 8. The first-order valence-corrected chi connectivity index (χ1v) is 14.3. The third kappa shape index (κ3) is 7.95. The summed E-state index contributed by atoms with van der Waals surface area (Å²) in [6, 6.07) is 0. The van der Waals surface area contributed by atoms with Crippen LogP contribution in [0.5, 0.6) is 0 Å². The Hall–Kier alpha value is -0.953. The summed E-state index contributed by atoms with van der Waals surface area (Å²) in [5.41, 5.74) is 0. The molecule has 0 aliphatic carbocycles. The first-order chi connectivity index (χ1) is 14.2. The first-order valence-electron chi connectivity index (χ1n) is 11.4. The standard InChI is InChI=1S/C23H37F5OSi/c1-5-7-8-9-10-11-12-13-14-16-17(15-6-2)29-30(3,4)23-21(27)19(25)18(24)20(26)22(23)28/h17H,5-16H2,1-4H3. The number of hydrogen-bond donors (Lipinski definition) is 0. The maximum Gasteiger partial charge on any atom is 0.225 e. The molecule has 0 saturated heterocycles. The van der Waals surface area contributed by atoms with Crippen LogP contribution in [0.4, 0.5) is 22.0 Å². The molecule has 0 aromatic heterocycles. The van der Waals surface area contributed by atoms with Gasteiger partial charge in [0, 0.05) is 11.3 Å². The molecular weight excluding hydrogens is 415 g/mol. The van der Waals surface area contributed by atoms with Crippen LogP contribution in [0.3, 0.4) is 0 Å². The lowest BCUT2D eigenvalue weighted by atomic mass is 10.0. The van der Waals surface area contributed by atoms with Gasteiger partial charge in [-0.05, 0) is 25.9 Å². The minimum atomic E-state index is -3.35. The molecule has 0 fully saturated rings. The highest BCUT2D eigenvalue weighted by atomic mass is 28.4. The van der Waals surface area contributed by atoms with Gasteiger partial charge in [0.1, 0.15) is 0 Å². The van der Waals surface area contributed by atoms with Crippen LogP contribution in [-0.2, 0) is 4.43 Å². The Morgan fingerprint density at radius 3 is 1.50 bits per heavy atom. The summed E-state index contributed by atoms with van der Waals surface area (Å²) < 4.78 is 75.2. The molecule has 174 valence electrons. The predicted octanol–water partition coefficient (Wildman–Crippen LogP) is 7.90. The normalized spacial score (nSPS) is 13.1. The summed E-state index contributed by atoms with van der Waals surface area (Å²) in [5.74, 6) is -9.46. The zero-order chi connectivity index (χ0) is 22.7. The molecule has 0 amide bonds. The van der Waals surface area contributed by atoms with Gasteiger partial charge in [-0.3, -0.25) is 0 Å². The average molecular weight is 453 g/mol. The summed E-state index contributed by atoms with van der Waals surface area (Å²) in [5, 5.41) is -0.771. The molecule has 0 aliphatic rings. The monoisotopic (exact) mass is 452 g/mol. The van der Waals surface area contributed by atoms with Crippen molar-refractivity contribution < 1.29 is 26.4 Å². The number of hydrogen-bond acceptors (Lipinski definition) is 1. The van der Waals surface area contributed by atoms with Crippen molar-refractivity contribution in [3.63, 3.8) is 0 Å². The van der Waals surface area contributed by atoms with Crippen molar-refractivity contribution in [3.05, 3.63) is 29.1 Å². The minimum absolute atomic E-state index is 0.240. The van der Waals surface area contributed by atoms with Crippen LogP contribution >= 0.6 is 0 Å². The molecule has 30 heavy (non-hydrogen) atoms. The molecule has 0 bridgehead atoms. The van der Waals surface area contributed by atoms with Crippen LogP contribution in [0.15, 0.2) is 0 Å². The summed E-state index contributed by atoms with van der Waals surface area (Å²) in [7, 11) is -3.35. The largest absolute Gasteiger partial charge is 0.410 e. The van der Waals surface area contributed by atoms with Gasteiger partial charge in [-0.2, -0.15) is 0 Å². The molecule has 1 rings (SSSR count). The SMILES string of the molecule is CCCCCCCCCCCC(CCC)O[Si](C)(C)c1c(F)c(F)c(F)c(F)c1F. The highest BCUT2D eigenvalue weighted by molar-refractivity contribution is 6.84. The summed E-state index contributed by atoms with van der Waals surface area (Å²) >= 11 is 0. The topological polar surface area (TPSA) is 9.23 Å². The summed E-state index contributed by atoms with van der Waals surface area (Å²) in [4.78, 5) is 0. The third-order valence-corrected chi connectivity index (χ3v) is 8.08. The van der Waals surface area contributed by atoms with Crippen molar-refractivity contribution in [3.8, 4) is 0 Å². The maximum atomic E-state index is 14.3. The van der Waals surface area contributed by atoms with Gasteiger partial charge in [-0.15, -0.1) is 0 Å². The fourth-order valence-electron chi connectivity index (χ4n) is 3.88. The lowest BCUT2D eigenvalue weighted by molar-refractivity contribution is 0.170. The van der Waals surface area contributed by atoms with E-state index >= 15 is 0 Å². The van der Waals surface area contributed by atoms with Gasteiger partial charge in [-0.1, -0.05) is 78.1 Å². The lowest BCUT2D eigenvalue weighted by Crippen LogP contribution is -2.51. The Labute approximate surface area is 179 Å². The van der Waals surface area contributed by atoms with Crippen LogP contribution < -0.4 is 5.19 Å². The van der Waals surface area contributed by atoms with Crippen LogP contribution in [0.1, 0.15) is 90.9 Å². The van der Waals surface area contributed by atoms with Gasteiger partial charge in [0.2, 0.25) is 14.1 Å². The van der Waals surface area contributed by atoms with E-state index in [0.29, 0.717) is 6.42 Å². The van der Waals surface area contributed by atoms with E-state index in [1.165, 1.54) is 51.6 Å². The van der Waals surface area contributed by atoms with Gasteiger partial charge >= 0.3 is 0 Å². The van der Waals surface area contributed by atoms with Gasteiger partial charge in [0.05, 0.1) is 0 Å². The van der Waals surface area contributed by atoms with Crippen LogP contribution in [-0.4, -0.2) is 14.4 Å². The molecule has 0 heterocycles. The van der Waals surface area contributed by atoms with Crippen LogP contribution in [0.25, 0.3) is 0 Å². The zero-order valence-electron chi connectivity index (χ0n) is 18.9. The van der Waals surface area contributed by atoms with Crippen molar-refractivity contribution in [1.82, 2.24) is 0 Å². The minimum Gasteiger partial charge on any atom is -0.410 e. The van der Waals surface area contributed by atoms with E-state index in [1.54, 1.807) is 0 Å². The highest BCUT2D eigenvalue weighted by Gasteiger charge is 2.39. The molecule has 0 saturated carbocycles. The van der Waals surface area contributed by atoms with Crippen molar-refractivity contribution in [2.45, 2.75) is 110 Å². The van der Waals surface area contributed by atoms with E-state index in [0.717, 1.165) is 32.1 Å². The van der Waals surface area contributed by atoms with Crippen LogP contribution in [0, 0.1) is 29.1 Å². The van der Waals surface area contributed by atoms with E-state index in [1.807, 2.05) is 6.92 Å². The van der Waals surface area contributed by atoms with E-state index < -0.39 is 42.6 Å². The van der Waals surface area contributed by atoms with Crippen LogP contribution in [0.2, 0.25) is 13.1 Å². The zero-order valence-corrected chi connectivity index (χ0v) is 19.9. The fourth-order valence-corrected chi connectivity index (χ4v) is 6.34.